The molecule has 1 N–H and O–H groups in total. The average Bonchev–Trinajstić information content (AvgIpc) is 3.17. The molecular formula is C22H19FN4OS. The minimum atomic E-state index is -0.816. The minimum Gasteiger partial charge on any atom is -0.388 e. The molecule has 4 rings (SSSR count). The van der Waals surface area contributed by atoms with Crippen LogP contribution >= 0.6 is 11.8 Å². The maximum absolute atomic E-state index is 13.5. The number of benzene rings is 2. The first-order valence-corrected chi connectivity index (χ1v) is 10.1. The molecule has 0 fully saturated rings. The van der Waals surface area contributed by atoms with Crippen LogP contribution in [0.2, 0.25) is 0 Å². The van der Waals surface area contributed by atoms with E-state index in [1.54, 1.807) is 24.5 Å². The highest BCUT2D eigenvalue weighted by Gasteiger charge is 2.18. The molecule has 0 aliphatic heterocycles. The zero-order valence-electron chi connectivity index (χ0n) is 15.7. The molecule has 7 heteroatoms. The van der Waals surface area contributed by atoms with Crippen LogP contribution < -0.4 is 0 Å². The van der Waals surface area contributed by atoms with Gasteiger partial charge in [-0.3, -0.25) is 9.55 Å². The molecule has 0 spiro atoms. The van der Waals surface area contributed by atoms with Crippen molar-refractivity contribution >= 4 is 11.8 Å². The number of rotatable bonds is 6. The molecular weight excluding hydrogens is 387 g/mol. The molecule has 5 nitrogen and oxygen atoms in total. The van der Waals surface area contributed by atoms with Crippen LogP contribution in [0.4, 0.5) is 4.39 Å². The van der Waals surface area contributed by atoms with Crippen LogP contribution in [-0.2, 0) is 0 Å². The Balaban J connectivity index is 1.66. The highest BCUT2D eigenvalue weighted by atomic mass is 32.2. The molecule has 146 valence electrons. The molecule has 4 aromatic rings. The number of hydrogen-bond donors (Lipinski definition) is 1. The Labute approximate surface area is 172 Å². The third-order valence-electron chi connectivity index (χ3n) is 4.47. The summed E-state index contributed by atoms with van der Waals surface area (Å²) in [5.41, 5.74) is 3.51. The number of aryl methyl sites for hydroxylation is 1. The van der Waals surface area contributed by atoms with Crippen LogP contribution in [-0.4, -0.2) is 30.6 Å². The van der Waals surface area contributed by atoms with E-state index in [1.807, 2.05) is 47.9 Å². The first kappa shape index (κ1) is 19.3. The van der Waals surface area contributed by atoms with Gasteiger partial charge in [-0.2, -0.15) is 0 Å². The highest BCUT2D eigenvalue weighted by Crippen LogP contribution is 2.30. The number of aliphatic hydroxyl groups excluding tert-OH is 1. The topological polar surface area (TPSA) is 63.8 Å². The Hall–Kier alpha value is -3.03. The standard InChI is InChI=1S/C22H19FN4OS/c1-15-5-7-19(8-6-15)27-21(16-9-11-24-12-10-16)25-26-22(27)29-14-20(28)17-3-2-4-18(23)13-17/h2-13,20,28H,14H2,1H3. The molecule has 0 saturated carbocycles. The van der Waals surface area contributed by atoms with Gasteiger partial charge in [-0.05, 0) is 48.9 Å². The van der Waals surface area contributed by atoms with E-state index in [9.17, 15) is 9.50 Å². The Morgan fingerprint density at radius 2 is 1.79 bits per heavy atom. The number of halogens is 1. The fourth-order valence-corrected chi connectivity index (χ4v) is 3.86. The normalized spacial score (nSPS) is 12.1. The van der Waals surface area contributed by atoms with Gasteiger partial charge < -0.3 is 5.11 Å². The van der Waals surface area contributed by atoms with Gasteiger partial charge in [0, 0.05) is 29.4 Å². The van der Waals surface area contributed by atoms with Crippen molar-refractivity contribution in [2.45, 2.75) is 18.2 Å². The molecule has 0 aliphatic rings. The number of nitrogens with zero attached hydrogens (tertiary/aromatic N) is 4. The van der Waals surface area contributed by atoms with Gasteiger partial charge >= 0.3 is 0 Å². The van der Waals surface area contributed by atoms with Gasteiger partial charge in [0.25, 0.3) is 0 Å². The zero-order chi connectivity index (χ0) is 20.2. The Morgan fingerprint density at radius 3 is 2.52 bits per heavy atom. The lowest BCUT2D eigenvalue weighted by Crippen LogP contribution is -2.04. The summed E-state index contributed by atoms with van der Waals surface area (Å²) >= 11 is 1.37. The van der Waals surface area contributed by atoms with Crippen molar-refractivity contribution in [2.75, 3.05) is 5.75 Å². The van der Waals surface area contributed by atoms with Crippen molar-refractivity contribution in [3.8, 4) is 17.1 Å². The van der Waals surface area contributed by atoms with Crippen molar-refractivity contribution in [1.29, 1.82) is 0 Å². The van der Waals surface area contributed by atoms with Crippen molar-refractivity contribution < 1.29 is 9.50 Å². The van der Waals surface area contributed by atoms with E-state index >= 15 is 0 Å². The molecule has 0 aliphatic carbocycles. The molecule has 0 amide bonds. The van der Waals surface area contributed by atoms with Crippen LogP contribution in [0.5, 0.6) is 0 Å². The fourth-order valence-electron chi connectivity index (χ4n) is 2.94. The van der Waals surface area contributed by atoms with E-state index in [-0.39, 0.29) is 5.82 Å². The number of pyridine rings is 1. The highest BCUT2D eigenvalue weighted by molar-refractivity contribution is 7.99. The number of aliphatic hydroxyl groups is 1. The lowest BCUT2D eigenvalue weighted by atomic mass is 10.1. The molecule has 0 radical (unpaired) electrons. The minimum absolute atomic E-state index is 0.323. The van der Waals surface area contributed by atoms with Gasteiger partial charge in [-0.25, -0.2) is 4.39 Å². The number of thioether (sulfide) groups is 1. The van der Waals surface area contributed by atoms with Crippen molar-refractivity contribution in [2.24, 2.45) is 0 Å². The summed E-state index contributed by atoms with van der Waals surface area (Å²) in [6.45, 7) is 2.03. The molecule has 1 unspecified atom stereocenters. The van der Waals surface area contributed by atoms with E-state index in [1.165, 1.54) is 23.9 Å². The monoisotopic (exact) mass is 406 g/mol. The number of aromatic nitrogens is 4. The van der Waals surface area contributed by atoms with Crippen molar-refractivity contribution in [1.82, 2.24) is 19.7 Å². The fraction of sp³-hybridized carbons (Fsp3) is 0.136. The predicted molar refractivity (Wildman–Crippen MR) is 111 cm³/mol. The van der Waals surface area contributed by atoms with E-state index in [0.29, 0.717) is 22.3 Å². The second-order valence-electron chi connectivity index (χ2n) is 6.59. The summed E-state index contributed by atoms with van der Waals surface area (Å²) in [5, 5.41) is 19.8. The Bertz CT molecular complexity index is 1100. The second-order valence-corrected chi connectivity index (χ2v) is 7.58. The van der Waals surface area contributed by atoms with Gasteiger partial charge in [0.15, 0.2) is 11.0 Å². The zero-order valence-corrected chi connectivity index (χ0v) is 16.6. The van der Waals surface area contributed by atoms with Crippen molar-refractivity contribution in [3.63, 3.8) is 0 Å². The lowest BCUT2D eigenvalue weighted by molar-refractivity contribution is 0.203. The predicted octanol–water partition coefficient (Wildman–Crippen LogP) is 4.60. The van der Waals surface area contributed by atoms with Gasteiger partial charge in [0.2, 0.25) is 0 Å². The molecule has 29 heavy (non-hydrogen) atoms. The Kier molecular flexibility index (Phi) is 5.69. The van der Waals surface area contributed by atoms with Gasteiger partial charge in [-0.1, -0.05) is 41.6 Å². The SMILES string of the molecule is Cc1ccc(-n2c(SCC(O)c3cccc(F)c3)nnc2-c2ccncc2)cc1. The quantitative estimate of drug-likeness (QED) is 0.474. The maximum atomic E-state index is 13.5. The summed E-state index contributed by atoms with van der Waals surface area (Å²) in [7, 11) is 0. The molecule has 1 atom stereocenters. The maximum Gasteiger partial charge on any atom is 0.196 e. The smallest absolute Gasteiger partial charge is 0.196 e. The van der Waals surface area contributed by atoms with Crippen LogP contribution in [0.3, 0.4) is 0 Å². The Morgan fingerprint density at radius 1 is 1.03 bits per heavy atom. The molecule has 2 aromatic heterocycles. The largest absolute Gasteiger partial charge is 0.388 e. The summed E-state index contributed by atoms with van der Waals surface area (Å²) in [5.74, 6) is 0.650. The first-order valence-electron chi connectivity index (χ1n) is 9.11. The van der Waals surface area contributed by atoms with Gasteiger partial charge in [-0.15, -0.1) is 10.2 Å². The van der Waals surface area contributed by atoms with Crippen LogP contribution in [0, 0.1) is 12.7 Å². The van der Waals surface area contributed by atoms with Crippen LogP contribution in [0.15, 0.2) is 78.2 Å². The summed E-state index contributed by atoms with van der Waals surface area (Å²) in [6, 6.07) is 17.8. The molecule has 2 aromatic carbocycles. The third-order valence-corrected chi connectivity index (χ3v) is 5.47. The van der Waals surface area contributed by atoms with Crippen molar-refractivity contribution in [3.05, 3.63) is 90.0 Å². The van der Waals surface area contributed by atoms with Crippen LogP contribution in [0.1, 0.15) is 17.2 Å². The summed E-state index contributed by atoms with van der Waals surface area (Å²) < 4.78 is 15.4. The lowest BCUT2D eigenvalue weighted by Gasteiger charge is -2.13. The van der Waals surface area contributed by atoms with E-state index in [0.717, 1.165) is 16.8 Å². The average molecular weight is 406 g/mol. The van der Waals surface area contributed by atoms with Gasteiger partial charge in [0.05, 0.1) is 6.10 Å². The summed E-state index contributed by atoms with van der Waals surface area (Å²) in [4.78, 5) is 4.07. The number of hydrogen-bond acceptors (Lipinski definition) is 5. The molecule has 0 saturated heterocycles. The molecule has 0 bridgehead atoms. The van der Waals surface area contributed by atoms with E-state index < -0.39 is 6.10 Å². The second kappa shape index (κ2) is 8.55. The van der Waals surface area contributed by atoms with Gasteiger partial charge in [0.1, 0.15) is 5.82 Å². The summed E-state index contributed by atoms with van der Waals surface area (Å²) in [6.07, 6.45) is 2.61. The van der Waals surface area contributed by atoms with E-state index in [4.69, 9.17) is 0 Å². The van der Waals surface area contributed by atoms with E-state index in [2.05, 4.69) is 15.2 Å². The third kappa shape index (κ3) is 4.36. The van der Waals surface area contributed by atoms with Crippen LogP contribution in [0.25, 0.3) is 17.1 Å². The first-order chi connectivity index (χ1) is 14.1. The molecule has 2 heterocycles.